The van der Waals surface area contributed by atoms with E-state index in [-0.39, 0.29) is 6.61 Å². The van der Waals surface area contributed by atoms with Crippen molar-refractivity contribution >= 4 is 17.6 Å². The van der Waals surface area contributed by atoms with E-state index in [4.69, 9.17) is 19.5 Å². The first-order valence-electron chi connectivity index (χ1n) is 7.33. The topological polar surface area (TPSA) is 97.7 Å². The van der Waals surface area contributed by atoms with E-state index < -0.39 is 18.5 Å². The van der Waals surface area contributed by atoms with Gasteiger partial charge in [0.15, 0.2) is 13.2 Å². The van der Waals surface area contributed by atoms with Crippen LogP contribution < -0.4 is 14.8 Å². The van der Waals surface area contributed by atoms with E-state index in [2.05, 4.69) is 5.32 Å². The first-order valence-corrected chi connectivity index (χ1v) is 7.33. The van der Waals surface area contributed by atoms with E-state index in [9.17, 15) is 9.59 Å². The molecule has 0 spiro atoms. The van der Waals surface area contributed by atoms with Crippen LogP contribution in [0.5, 0.6) is 11.5 Å². The second kappa shape index (κ2) is 8.93. The zero-order valence-corrected chi connectivity index (χ0v) is 13.5. The molecule has 1 amide bonds. The van der Waals surface area contributed by atoms with Crippen LogP contribution in [-0.2, 0) is 14.3 Å². The van der Waals surface area contributed by atoms with Gasteiger partial charge >= 0.3 is 5.97 Å². The van der Waals surface area contributed by atoms with Gasteiger partial charge in [0.2, 0.25) is 0 Å². The molecule has 7 heteroatoms. The highest BCUT2D eigenvalue weighted by molar-refractivity contribution is 5.93. The van der Waals surface area contributed by atoms with Crippen molar-refractivity contribution in [2.24, 2.45) is 0 Å². The Morgan fingerprint density at radius 1 is 1.08 bits per heavy atom. The molecular formula is C18H16N2O5. The number of carbonyl (C=O) groups excluding carboxylic acids is 2. The van der Waals surface area contributed by atoms with E-state index in [0.717, 1.165) is 0 Å². The summed E-state index contributed by atoms with van der Waals surface area (Å²) in [6.07, 6.45) is 0. The quantitative estimate of drug-likeness (QED) is 0.776. The maximum absolute atomic E-state index is 11.8. The number of benzene rings is 2. The molecular weight excluding hydrogens is 324 g/mol. The molecule has 1 N–H and O–H groups in total. The Morgan fingerprint density at radius 3 is 2.52 bits per heavy atom. The molecule has 0 radical (unpaired) electrons. The van der Waals surface area contributed by atoms with Gasteiger partial charge in [-0.05, 0) is 36.4 Å². The highest BCUT2D eigenvalue weighted by Crippen LogP contribution is 2.16. The first kappa shape index (κ1) is 17.8. The van der Waals surface area contributed by atoms with Gasteiger partial charge in [0.25, 0.3) is 5.91 Å². The number of esters is 1. The normalized spacial score (nSPS) is 9.60. The predicted molar refractivity (Wildman–Crippen MR) is 89.2 cm³/mol. The van der Waals surface area contributed by atoms with Crippen molar-refractivity contribution in [1.82, 2.24) is 0 Å². The fourth-order valence-electron chi connectivity index (χ4n) is 1.85. The Morgan fingerprint density at radius 2 is 1.84 bits per heavy atom. The highest BCUT2D eigenvalue weighted by atomic mass is 16.6. The molecule has 0 aliphatic carbocycles. The molecule has 0 bridgehead atoms. The summed E-state index contributed by atoms with van der Waals surface area (Å²) in [5.41, 5.74) is 1.03. The Bertz CT molecular complexity index is 781. The smallest absolute Gasteiger partial charge is 0.344 e. The zero-order chi connectivity index (χ0) is 18.1. The average Bonchev–Trinajstić information content (AvgIpc) is 2.65. The fourth-order valence-corrected chi connectivity index (χ4v) is 1.85. The summed E-state index contributed by atoms with van der Waals surface area (Å²) in [5.74, 6) is -0.118. The van der Waals surface area contributed by atoms with Gasteiger partial charge in [-0.25, -0.2) is 4.79 Å². The number of ether oxygens (including phenoxy) is 3. The summed E-state index contributed by atoms with van der Waals surface area (Å²) >= 11 is 0. The average molecular weight is 340 g/mol. The van der Waals surface area contributed by atoms with Gasteiger partial charge in [0, 0.05) is 11.8 Å². The predicted octanol–water partition coefficient (Wildman–Crippen LogP) is 2.13. The van der Waals surface area contributed by atoms with Gasteiger partial charge in [0.1, 0.15) is 11.5 Å². The summed E-state index contributed by atoms with van der Waals surface area (Å²) in [6.45, 7) is -0.759. The summed E-state index contributed by atoms with van der Waals surface area (Å²) in [5, 5.41) is 11.3. The summed E-state index contributed by atoms with van der Waals surface area (Å²) < 4.78 is 15.1. The number of amides is 1. The minimum Gasteiger partial charge on any atom is -0.497 e. The fraction of sp³-hybridized carbons (Fsp3) is 0.167. The lowest BCUT2D eigenvalue weighted by Crippen LogP contribution is -2.23. The second-order valence-electron chi connectivity index (χ2n) is 4.87. The Labute approximate surface area is 144 Å². The molecule has 0 fully saturated rings. The lowest BCUT2D eigenvalue weighted by molar-refractivity contribution is -0.149. The molecule has 0 aromatic heterocycles. The van der Waals surface area contributed by atoms with Gasteiger partial charge in [-0.1, -0.05) is 6.07 Å². The number of methoxy groups -OCH3 is 1. The van der Waals surface area contributed by atoms with Crippen LogP contribution in [0, 0.1) is 11.3 Å². The number of hydrogen-bond acceptors (Lipinski definition) is 6. The summed E-state index contributed by atoms with van der Waals surface area (Å²) in [7, 11) is 1.52. The molecule has 0 heterocycles. The van der Waals surface area contributed by atoms with Crippen LogP contribution in [0.3, 0.4) is 0 Å². The lowest BCUT2D eigenvalue weighted by atomic mass is 10.2. The number of anilines is 1. The van der Waals surface area contributed by atoms with Crippen LogP contribution in [0.4, 0.5) is 5.69 Å². The number of rotatable bonds is 7. The van der Waals surface area contributed by atoms with E-state index in [1.54, 1.807) is 48.5 Å². The second-order valence-corrected chi connectivity index (χ2v) is 4.87. The van der Waals surface area contributed by atoms with Crippen LogP contribution in [0.1, 0.15) is 5.56 Å². The molecule has 0 aliphatic rings. The molecule has 2 aromatic carbocycles. The van der Waals surface area contributed by atoms with Gasteiger partial charge in [-0.2, -0.15) is 5.26 Å². The number of carbonyl (C=O) groups is 2. The third kappa shape index (κ3) is 5.88. The van der Waals surface area contributed by atoms with Gasteiger partial charge in [0.05, 0.1) is 18.7 Å². The number of nitrogens with one attached hydrogen (secondary N) is 1. The molecule has 0 saturated heterocycles. The van der Waals surface area contributed by atoms with Crippen molar-refractivity contribution in [3.8, 4) is 17.6 Å². The van der Waals surface area contributed by atoms with E-state index in [1.807, 2.05) is 6.07 Å². The molecule has 25 heavy (non-hydrogen) atoms. The van der Waals surface area contributed by atoms with Gasteiger partial charge in [-0.15, -0.1) is 0 Å². The van der Waals surface area contributed by atoms with Crippen LogP contribution in [0.25, 0.3) is 0 Å². The zero-order valence-electron chi connectivity index (χ0n) is 13.5. The van der Waals surface area contributed by atoms with Crippen LogP contribution >= 0.6 is 0 Å². The number of nitriles is 1. The minimum atomic E-state index is -0.676. The maximum Gasteiger partial charge on any atom is 0.344 e. The van der Waals surface area contributed by atoms with Crippen molar-refractivity contribution in [3.05, 3.63) is 54.1 Å². The van der Waals surface area contributed by atoms with E-state index >= 15 is 0 Å². The number of hydrogen-bond donors (Lipinski definition) is 1. The van der Waals surface area contributed by atoms with Crippen molar-refractivity contribution in [1.29, 1.82) is 5.26 Å². The first-order chi connectivity index (χ1) is 12.1. The van der Waals surface area contributed by atoms with Crippen molar-refractivity contribution in [2.75, 3.05) is 25.6 Å². The summed E-state index contributed by atoms with van der Waals surface area (Å²) in [4.78, 5) is 23.4. The van der Waals surface area contributed by atoms with Crippen LogP contribution in [0.2, 0.25) is 0 Å². The van der Waals surface area contributed by atoms with Crippen LogP contribution in [0.15, 0.2) is 48.5 Å². The van der Waals surface area contributed by atoms with Crippen molar-refractivity contribution < 1.29 is 23.8 Å². The Kier molecular flexibility index (Phi) is 6.37. The van der Waals surface area contributed by atoms with Crippen molar-refractivity contribution in [2.45, 2.75) is 0 Å². The Balaban J connectivity index is 1.73. The minimum absolute atomic E-state index is 0.335. The molecule has 128 valence electrons. The standard InChI is InChI=1S/C18H16N2O5/c1-23-16-4-2-3-14(9-16)20-17(21)11-25-18(22)12-24-15-7-5-13(10-19)6-8-15/h2-9H,11-12H2,1H3,(H,20,21). The SMILES string of the molecule is COc1cccc(NC(=O)COC(=O)COc2ccc(C#N)cc2)c1. The third-order valence-electron chi connectivity index (χ3n) is 3.06. The molecule has 0 atom stereocenters. The van der Waals surface area contributed by atoms with E-state index in [1.165, 1.54) is 7.11 Å². The maximum atomic E-state index is 11.8. The molecule has 2 rings (SSSR count). The van der Waals surface area contributed by atoms with Crippen LogP contribution in [-0.4, -0.2) is 32.2 Å². The largest absolute Gasteiger partial charge is 0.497 e. The summed E-state index contributed by atoms with van der Waals surface area (Å²) in [6, 6.07) is 15.1. The highest BCUT2D eigenvalue weighted by Gasteiger charge is 2.09. The number of nitrogens with zero attached hydrogens (tertiary/aromatic N) is 1. The van der Waals surface area contributed by atoms with E-state index in [0.29, 0.717) is 22.7 Å². The molecule has 0 unspecified atom stereocenters. The molecule has 0 aliphatic heterocycles. The van der Waals surface area contributed by atoms with Gasteiger partial charge in [-0.3, -0.25) is 4.79 Å². The Hall–Kier alpha value is -3.53. The lowest BCUT2D eigenvalue weighted by Gasteiger charge is -2.08. The molecule has 2 aromatic rings. The monoisotopic (exact) mass is 340 g/mol. The third-order valence-corrected chi connectivity index (χ3v) is 3.06. The van der Waals surface area contributed by atoms with Crippen molar-refractivity contribution in [3.63, 3.8) is 0 Å². The molecule has 7 nitrogen and oxygen atoms in total. The van der Waals surface area contributed by atoms with Gasteiger partial charge < -0.3 is 19.5 Å². The molecule has 0 saturated carbocycles.